The van der Waals surface area contributed by atoms with E-state index in [-0.39, 0.29) is 5.92 Å². The number of benzene rings is 8. The van der Waals surface area contributed by atoms with Crippen molar-refractivity contribution in [2.75, 3.05) is 7.05 Å². The largest absolute Gasteiger partial charge is 0.457 e. The van der Waals surface area contributed by atoms with Gasteiger partial charge in [0.1, 0.15) is 28.5 Å². The van der Waals surface area contributed by atoms with Crippen LogP contribution < -0.4 is 10.5 Å². The Morgan fingerprint density at radius 2 is 1.04 bits per heavy atom. The predicted molar refractivity (Wildman–Crippen MR) is 238 cm³/mol. The van der Waals surface area contributed by atoms with Gasteiger partial charge in [0.25, 0.3) is 0 Å². The number of ether oxygens (including phenoxy) is 1. The fraction of sp³-hybridized carbons (Fsp3) is 0.0755. The molecule has 1 aromatic heterocycles. The molecule has 57 heavy (non-hydrogen) atoms. The monoisotopic (exact) mass is 740 g/mol. The van der Waals surface area contributed by atoms with E-state index in [4.69, 9.17) is 14.9 Å². The Labute approximate surface area is 334 Å². The second-order valence-electron chi connectivity index (χ2n) is 14.2. The molecule has 9 aromatic rings. The molecule has 1 atom stereocenters. The van der Waals surface area contributed by atoms with E-state index in [1.807, 2.05) is 66.7 Å². The van der Waals surface area contributed by atoms with E-state index < -0.39 is 0 Å². The van der Waals surface area contributed by atoms with Gasteiger partial charge >= 0.3 is 0 Å². The summed E-state index contributed by atoms with van der Waals surface area (Å²) in [6.45, 7) is 4.37. The molecule has 0 aliphatic rings. The van der Waals surface area contributed by atoms with Gasteiger partial charge in [0.05, 0.1) is 0 Å². The van der Waals surface area contributed by atoms with E-state index in [2.05, 4.69) is 146 Å². The van der Waals surface area contributed by atoms with Gasteiger partial charge in [-0.15, -0.1) is 0 Å². The highest BCUT2D eigenvalue weighted by molar-refractivity contribution is 6.08. The molecule has 4 heteroatoms. The third-order valence-electron chi connectivity index (χ3n) is 10.5. The van der Waals surface area contributed by atoms with E-state index in [0.29, 0.717) is 5.84 Å². The minimum atomic E-state index is 0.0897. The van der Waals surface area contributed by atoms with Crippen LogP contribution in [0.25, 0.3) is 55.3 Å². The molecule has 0 saturated carbocycles. The molecule has 4 nitrogen and oxygen atoms in total. The molecular weight excluding hydrogens is 697 g/mol. The third kappa shape index (κ3) is 7.98. The number of hydrogen-bond acceptors (Lipinski definition) is 3. The Morgan fingerprint density at radius 3 is 1.65 bits per heavy atom. The van der Waals surface area contributed by atoms with Gasteiger partial charge in [-0.1, -0.05) is 171 Å². The normalized spacial score (nSPS) is 11.9. The number of para-hydroxylation sites is 2. The quantitative estimate of drug-likeness (QED) is 0.125. The molecule has 0 radical (unpaired) electrons. The van der Waals surface area contributed by atoms with Crippen LogP contribution in [0.4, 0.5) is 0 Å². The molecule has 9 rings (SSSR count). The van der Waals surface area contributed by atoms with Crippen LogP contribution in [-0.2, 0) is 0 Å². The van der Waals surface area contributed by atoms with Gasteiger partial charge < -0.3 is 14.9 Å². The second-order valence-corrected chi connectivity index (χ2v) is 14.2. The van der Waals surface area contributed by atoms with Crippen molar-refractivity contribution in [3.05, 3.63) is 216 Å². The van der Waals surface area contributed by atoms with Crippen LogP contribution in [0, 0.1) is 6.92 Å². The van der Waals surface area contributed by atoms with Gasteiger partial charge in [-0.25, -0.2) is 0 Å². The van der Waals surface area contributed by atoms with Gasteiger partial charge in [0.2, 0.25) is 0 Å². The molecule has 0 bridgehead atoms. The van der Waals surface area contributed by atoms with Crippen molar-refractivity contribution in [3.63, 3.8) is 0 Å². The Kier molecular flexibility index (Phi) is 10.8. The highest BCUT2D eigenvalue weighted by atomic mass is 16.5. The van der Waals surface area contributed by atoms with E-state index in [1.54, 1.807) is 7.05 Å². The molecule has 1 unspecified atom stereocenters. The number of aliphatic imine (C=N–C) groups is 1. The summed E-state index contributed by atoms with van der Waals surface area (Å²) in [7, 11) is 1.69. The standard InChI is InChI=1S/C39H30O2.C14H14N2/c1-26-11-9-17-34(39(26)40-32-14-7-4-8-15-32)27(2)33-16-10-18-37-38(33)35-25-31(23-24-36(35)41-37)30-21-19-29(20-22-30)28-12-5-3-6-13-28;1-16-14(15)13-9-7-12(8-10-13)11-5-3-2-4-6-11/h3-25,27H,1-2H3;2-10H,1H3,(H2,15,16). The molecule has 0 fully saturated rings. The summed E-state index contributed by atoms with van der Waals surface area (Å²) in [4.78, 5) is 3.96. The Hall–Kier alpha value is -7.17. The number of hydrogen-bond donors (Lipinski definition) is 1. The maximum atomic E-state index is 6.46. The summed E-state index contributed by atoms with van der Waals surface area (Å²) in [5.74, 6) is 2.41. The van der Waals surface area contributed by atoms with Crippen molar-refractivity contribution in [2.24, 2.45) is 10.7 Å². The van der Waals surface area contributed by atoms with Gasteiger partial charge in [-0.2, -0.15) is 0 Å². The number of furan rings is 1. The first-order valence-corrected chi connectivity index (χ1v) is 19.3. The van der Waals surface area contributed by atoms with Gasteiger partial charge in [0, 0.05) is 34.9 Å². The number of aryl methyl sites for hydroxylation is 1. The smallest absolute Gasteiger partial charge is 0.135 e. The molecule has 0 aliphatic heterocycles. The Bertz CT molecular complexity index is 2770. The molecule has 0 aliphatic carbocycles. The maximum Gasteiger partial charge on any atom is 0.135 e. The Balaban J connectivity index is 0.000000238. The van der Waals surface area contributed by atoms with E-state index in [1.165, 1.54) is 38.9 Å². The predicted octanol–water partition coefficient (Wildman–Crippen LogP) is 13.9. The number of rotatable bonds is 8. The molecule has 0 saturated heterocycles. The van der Waals surface area contributed by atoms with Crippen LogP contribution in [0.2, 0.25) is 0 Å². The van der Waals surface area contributed by atoms with Crippen LogP contribution in [0.15, 0.2) is 204 Å². The first-order valence-electron chi connectivity index (χ1n) is 19.3. The Morgan fingerprint density at radius 1 is 0.526 bits per heavy atom. The van der Waals surface area contributed by atoms with Crippen LogP contribution in [0.3, 0.4) is 0 Å². The zero-order valence-corrected chi connectivity index (χ0v) is 32.4. The molecule has 1 heterocycles. The number of fused-ring (bicyclic) bond motifs is 3. The number of amidine groups is 1. The van der Waals surface area contributed by atoms with Gasteiger partial charge in [0.15, 0.2) is 0 Å². The zero-order valence-electron chi connectivity index (χ0n) is 32.4. The van der Waals surface area contributed by atoms with E-state index in [0.717, 1.165) is 50.1 Å². The minimum Gasteiger partial charge on any atom is -0.457 e. The average Bonchev–Trinajstić information content (AvgIpc) is 3.66. The average molecular weight is 741 g/mol. The lowest BCUT2D eigenvalue weighted by Crippen LogP contribution is -2.12. The van der Waals surface area contributed by atoms with E-state index >= 15 is 0 Å². The molecule has 278 valence electrons. The third-order valence-corrected chi connectivity index (χ3v) is 10.5. The zero-order chi connectivity index (χ0) is 39.1. The highest BCUT2D eigenvalue weighted by Crippen LogP contribution is 2.42. The van der Waals surface area contributed by atoms with Crippen LogP contribution in [-0.4, -0.2) is 12.9 Å². The maximum absolute atomic E-state index is 6.46. The summed E-state index contributed by atoms with van der Waals surface area (Å²) in [5, 5.41) is 2.29. The summed E-state index contributed by atoms with van der Waals surface area (Å²) in [6, 6.07) is 67.0. The fourth-order valence-electron chi connectivity index (χ4n) is 7.40. The summed E-state index contributed by atoms with van der Waals surface area (Å²) in [5.41, 5.74) is 19.2. The van der Waals surface area contributed by atoms with E-state index in [9.17, 15) is 0 Å². The summed E-state index contributed by atoms with van der Waals surface area (Å²) < 4.78 is 12.8. The number of nitrogens with zero attached hydrogens (tertiary/aromatic N) is 1. The molecule has 8 aromatic carbocycles. The fourth-order valence-corrected chi connectivity index (χ4v) is 7.40. The number of nitrogens with two attached hydrogens (primary N) is 1. The molecule has 0 amide bonds. The van der Waals surface area contributed by atoms with Crippen molar-refractivity contribution >= 4 is 27.8 Å². The molecule has 0 spiro atoms. The van der Waals surface area contributed by atoms with Gasteiger partial charge in [-0.3, -0.25) is 4.99 Å². The van der Waals surface area contributed by atoms with Crippen LogP contribution in [0.1, 0.15) is 35.1 Å². The van der Waals surface area contributed by atoms with Crippen molar-refractivity contribution in [2.45, 2.75) is 19.8 Å². The molecule has 2 N–H and O–H groups in total. The summed E-state index contributed by atoms with van der Waals surface area (Å²) >= 11 is 0. The van der Waals surface area contributed by atoms with Gasteiger partial charge in [-0.05, 0) is 81.8 Å². The van der Waals surface area contributed by atoms with Crippen molar-refractivity contribution in [1.29, 1.82) is 0 Å². The SMILES string of the molecule is CN=C(N)c1ccc(-c2ccccc2)cc1.Cc1cccc(C(C)c2cccc3oc4ccc(-c5ccc(-c6ccccc6)cc5)cc4c23)c1Oc1ccccc1. The topological polar surface area (TPSA) is 60.8 Å². The molecular formula is C53H44N2O2. The summed E-state index contributed by atoms with van der Waals surface area (Å²) in [6.07, 6.45) is 0. The van der Waals surface area contributed by atoms with Crippen LogP contribution >= 0.6 is 0 Å². The second kappa shape index (κ2) is 16.7. The lowest BCUT2D eigenvalue weighted by atomic mass is 9.88. The lowest BCUT2D eigenvalue weighted by Gasteiger charge is -2.20. The first kappa shape index (κ1) is 36.8. The lowest BCUT2D eigenvalue weighted by molar-refractivity contribution is 0.470. The minimum absolute atomic E-state index is 0.0897. The highest BCUT2D eigenvalue weighted by Gasteiger charge is 2.21. The van der Waals surface area contributed by atoms with Crippen molar-refractivity contribution in [1.82, 2.24) is 0 Å². The first-order chi connectivity index (χ1) is 28.0. The van der Waals surface area contributed by atoms with Crippen molar-refractivity contribution in [3.8, 4) is 44.9 Å². The van der Waals surface area contributed by atoms with Crippen molar-refractivity contribution < 1.29 is 9.15 Å². The van der Waals surface area contributed by atoms with Crippen LogP contribution in [0.5, 0.6) is 11.5 Å².